The van der Waals surface area contributed by atoms with Crippen molar-refractivity contribution in [3.05, 3.63) is 70.8 Å². The number of hydrogen-bond donors (Lipinski definition) is 1. The number of aromatic nitrogens is 4. The van der Waals surface area contributed by atoms with Crippen LogP contribution in [0.2, 0.25) is 5.02 Å². The highest BCUT2D eigenvalue weighted by Gasteiger charge is 2.13. The van der Waals surface area contributed by atoms with Crippen LogP contribution in [-0.2, 0) is 4.79 Å². The summed E-state index contributed by atoms with van der Waals surface area (Å²) in [5.41, 5.74) is 1.66. The summed E-state index contributed by atoms with van der Waals surface area (Å²) in [6, 6.07) is 10.7. The van der Waals surface area contributed by atoms with Gasteiger partial charge in [-0.1, -0.05) is 29.4 Å². The lowest BCUT2D eigenvalue weighted by atomic mass is 10.2. The first-order chi connectivity index (χ1) is 14.5. The number of thiazole rings is 1. The van der Waals surface area contributed by atoms with E-state index in [4.69, 9.17) is 11.6 Å². The van der Waals surface area contributed by atoms with E-state index >= 15 is 0 Å². The molecule has 1 N–H and O–H groups in total. The molecule has 0 spiro atoms. The monoisotopic (exact) mass is 463 g/mol. The second kappa shape index (κ2) is 8.90. The van der Waals surface area contributed by atoms with Crippen molar-refractivity contribution in [2.24, 2.45) is 0 Å². The SMILES string of the molecule is O=C(CSc1nncn1-c1cccc(Cl)c1)Nc1nc(-c2ccc(F)c(F)c2)cs1. The summed E-state index contributed by atoms with van der Waals surface area (Å²) < 4.78 is 28.2. The highest BCUT2D eigenvalue weighted by molar-refractivity contribution is 7.99. The fraction of sp³-hybridized carbons (Fsp3) is 0.0526. The van der Waals surface area contributed by atoms with Crippen LogP contribution in [0.25, 0.3) is 16.9 Å². The molecule has 4 rings (SSSR count). The number of amides is 1. The second-order valence-electron chi connectivity index (χ2n) is 5.97. The zero-order valence-corrected chi connectivity index (χ0v) is 17.4. The Labute approximate surface area is 182 Å². The van der Waals surface area contributed by atoms with E-state index in [0.717, 1.165) is 17.8 Å². The van der Waals surface area contributed by atoms with E-state index in [0.29, 0.717) is 26.6 Å². The highest BCUT2D eigenvalue weighted by Crippen LogP contribution is 2.27. The van der Waals surface area contributed by atoms with Gasteiger partial charge in [-0.05, 0) is 36.4 Å². The van der Waals surface area contributed by atoms with Crippen LogP contribution in [0.15, 0.2) is 59.3 Å². The Bertz CT molecular complexity index is 1210. The fourth-order valence-electron chi connectivity index (χ4n) is 2.53. The number of halogens is 3. The van der Waals surface area contributed by atoms with Crippen LogP contribution in [0, 0.1) is 11.6 Å². The molecule has 0 aliphatic carbocycles. The molecule has 11 heteroatoms. The van der Waals surface area contributed by atoms with E-state index in [1.54, 1.807) is 28.4 Å². The van der Waals surface area contributed by atoms with Gasteiger partial charge in [-0.2, -0.15) is 0 Å². The average Bonchev–Trinajstić information content (AvgIpc) is 3.38. The molecular formula is C19H12ClF2N5OS2. The zero-order valence-electron chi connectivity index (χ0n) is 15.1. The van der Waals surface area contributed by atoms with E-state index in [-0.39, 0.29) is 11.7 Å². The highest BCUT2D eigenvalue weighted by atomic mass is 35.5. The van der Waals surface area contributed by atoms with Gasteiger partial charge in [0.25, 0.3) is 0 Å². The van der Waals surface area contributed by atoms with Crippen molar-refractivity contribution in [2.75, 3.05) is 11.1 Å². The molecule has 0 radical (unpaired) electrons. The third-order valence-corrected chi connectivity index (χ3v) is 5.84. The third-order valence-electron chi connectivity index (χ3n) is 3.90. The van der Waals surface area contributed by atoms with Gasteiger partial charge >= 0.3 is 0 Å². The normalized spacial score (nSPS) is 10.9. The van der Waals surface area contributed by atoms with Crippen LogP contribution >= 0.6 is 34.7 Å². The molecule has 0 saturated carbocycles. The Kier molecular flexibility index (Phi) is 6.07. The van der Waals surface area contributed by atoms with Crippen molar-refractivity contribution in [1.29, 1.82) is 0 Å². The van der Waals surface area contributed by atoms with Crippen LogP contribution in [0.5, 0.6) is 0 Å². The molecule has 2 aromatic carbocycles. The van der Waals surface area contributed by atoms with Crippen molar-refractivity contribution in [2.45, 2.75) is 5.16 Å². The van der Waals surface area contributed by atoms with Gasteiger partial charge in [-0.3, -0.25) is 9.36 Å². The molecule has 152 valence electrons. The minimum atomic E-state index is -0.952. The predicted molar refractivity (Wildman–Crippen MR) is 113 cm³/mol. The van der Waals surface area contributed by atoms with Gasteiger partial charge in [0.2, 0.25) is 5.91 Å². The molecule has 2 heterocycles. The second-order valence-corrected chi connectivity index (χ2v) is 8.20. The molecule has 0 unspecified atom stereocenters. The third kappa shape index (κ3) is 4.66. The Morgan fingerprint density at radius 2 is 2.07 bits per heavy atom. The van der Waals surface area contributed by atoms with Gasteiger partial charge in [0, 0.05) is 16.0 Å². The summed E-state index contributed by atoms with van der Waals surface area (Å²) in [5, 5.41) is 13.7. The fourth-order valence-corrected chi connectivity index (χ4v) is 4.18. The van der Waals surface area contributed by atoms with Gasteiger partial charge in [-0.25, -0.2) is 13.8 Å². The van der Waals surface area contributed by atoms with E-state index in [2.05, 4.69) is 20.5 Å². The summed E-state index contributed by atoms with van der Waals surface area (Å²) >= 11 is 8.42. The standard InChI is InChI=1S/C19H12ClF2N5OS2/c20-12-2-1-3-13(7-12)27-10-23-26-19(27)30-9-17(28)25-18-24-16(8-29-18)11-4-5-14(21)15(22)6-11/h1-8,10H,9H2,(H,24,25,28). The van der Waals surface area contributed by atoms with Crippen molar-refractivity contribution in [3.63, 3.8) is 0 Å². The zero-order chi connectivity index (χ0) is 21.1. The minimum absolute atomic E-state index is 0.0827. The molecule has 4 aromatic rings. The Balaban J connectivity index is 1.39. The van der Waals surface area contributed by atoms with Gasteiger partial charge in [0.1, 0.15) is 6.33 Å². The number of benzene rings is 2. The lowest BCUT2D eigenvalue weighted by Gasteiger charge is -2.06. The lowest BCUT2D eigenvalue weighted by molar-refractivity contribution is -0.113. The number of hydrogen-bond acceptors (Lipinski definition) is 6. The van der Waals surface area contributed by atoms with E-state index < -0.39 is 11.6 Å². The van der Waals surface area contributed by atoms with Crippen LogP contribution in [0.4, 0.5) is 13.9 Å². The maximum atomic E-state index is 13.4. The molecule has 0 saturated heterocycles. The Morgan fingerprint density at radius 3 is 2.87 bits per heavy atom. The predicted octanol–water partition coefficient (Wildman–Crippen LogP) is 5.05. The van der Waals surface area contributed by atoms with E-state index in [9.17, 15) is 13.6 Å². The first-order valence-corrected chi connectivity index (χ1v) is 10.7. The number of carbonyl (C=O) groups excluding carboxylic acids is 1. The molecule has 0 aliphatic rings. The van der Waals surface area contributed by atoms with E-state index in [1.807, 2.05) is 12.1 Å². The van der Waals surface area contributed by atoms with Crippen molar-refractivity contribution in [3.8, 4) is 16.9 Å². The lowest BCUT2D eigenvalue weighted by Crippen LogP contribution is -2.14. The molecule has 0 atom stereocenters. The summed E-state index contributed by atoms with van der Waals surface area (Å²) in [5.74, 6) is -2.08. The van der Waals surface area contributed by atoms with Crippen LogP contribution in [0.3, 0.4) is 0 Å². The maximum Gasteiger partial charge on any atom is 0.236 e. The Morgan fingerprint density at radius 1 is 1.20 bits per heavy atom. The number of anilines is 1. The van der Waals surface area contributed by atoms with Gasteiger partial charge < -0.3 is 5.32 Å². The van der Waals surface area contributed by atoms with Crippen LogP contribution in [-0.4, -0.2) is 31.4 Å². The molecule has 0 aliphatic heterocycles. The molecule has 6 nitrogen and oxygen atoms in total. The Hall–Kier alpha value is -2.82. The first-order valence-electron chi connectivity index (χ1n) is 8.49. The molecule has 0 fully saturated rings. The molecule has 0 bridgehead atoms. The largest absolute Gasteiger partial charge is 0.301 e. The number of carbonyl (C=O) groups is 1. The van der Waals surface area contributed by atoms with Crippen molar-refractivity contribution >= 4 is 45.7 Å². The molecule has 1 amide bonds. The molecule has 2 aromatic heterocycles. The summed E-state index contributed by atoms with van der Waals surface area (Å²) in [6.45, 7) is 0. The van der Waals surface area contributed by atoms with Crippen LogP contribution in [0.1, 0.15) is 0 Å². The quantitative estimate of drug-likeness (QED) is 0.405. The van der Waals surface area contributed by atoms with Crippen molar-refractivity contribution in [1.82, 2.24) is 19.7 Å². The molecule has 30 heavy (non-hydrogen) atoms. The summed E-state index contributed by atoms with van der Waals surface area (Å²) in [7, 11) is 0. The van der Waals surface area contributed by atoms with E-state index in [1.165, 1.54) is 29.2 Å². The smallest absolute Gasteiger partial charge is 0.236 e. The first kappa shape index (κ1) is 20.5. The van der Waals surface area contributed by atoms with Gasteiger partial charge in [0.05, 0.1) is 17.1 Å². The summed E-state index contributed by atoms with van der Waals surface area (Å²) in [4.78, 5) is 16.6. The number of rotatable bonds is 6. The summed E-state index contributed by atoms with van der Waals surface area (Å²) in [6.07, 6.45) is 1.54. The minimum Gasteiger partial charge on any atom is -0.301 e. The maximum absolute atomic E-state index is 13.4. The molecular weight excluding hydrogens is 452 g/mol. The van der Waals surface area contributed by atoms with Gasteiger partial charge in [-0.15, -0.1) is 21.5 Å². The number of nitrogens with zero attached hydrogens (tertiary/aromatic N) is 4. The number of thioether (sulfide) groups is 1. The van der Waals surface area contributed by atoms with Crippen LogP contribution < -0.4 is 5.32 Å². The topological polar surface area (TPSA) is 72.7 Å². The average molecular weight is 464 g/mol. The number of nitrogens with one attached hydrogen (secondary N) is 1. The van der Waals surface area contributed by atoms with Gasteiger partial charge in [0.15, 0.2) is 21.9 Å². The van der Waals surface area contributed by atoms with Crippen molar-refractivity contribution < 1.29 is 13.6 Å².